The van der Waals surface area contributed by atoms with Gasteiger partial charge in [-0.25, -0.2) is 0 Å². The molecule has 0 aromatic rings. The summed E-state index contributed by atoms with van der Waals surface area (Å²) in [5, 5.41) is 1.45. The van der Waals surface area contributed by atoms with E-state index in [1.54, 1.807) is 0 Å². The Morgan fingerprint density at radius 1 is 1.00 bits per heavy atom. The lowest BCUT2D eigenvalue weighted by Crippen LogP contribution is -2.40. The highest BCUT2D eigenvalue weighted by atomic mass is 32.2. The normalized spacial score (nSPS) is 26.2. The number of thioether (sulfide) groups is 2. The van der Waals surface area contributed by atoms with Crippen molar-refractivity contribution < 1.29 is 0 Å². The molecule has 0 aromatic heterocycles. The van der Waals surface area contributed by atoms with Gasteiger partial charge in [0.05, 0.1) is 0 Å². The maximum atomic E-state index is 6.37. The van der Waals surface area contributed by atoms with Crippen LogP contribution in [-0.2, 0) is 0 Å². The minimum absolute atomic E-state index is 0.424. The Kier molecular flexibility index (Phi) is 9.70. The van der Waals surface area contributed by atoms with Crippen LogP contribution in [0.4, 0.5) is 0 Å². The van der Waals surface area contributed by atoms with E-state index in [1.807, 2.05) is 0 Å². The predicted molar refractivity (Wildman–Crippen MR) is 88.8 cm³/mol. The molecule has 1 nitrogen and oxygen atoms in total. The Hall–Kier alpha value is 0.660. The van der Waals surface area contributed by atoms with Gasteiger partial charge in [-0.15, -0.1) is 0 Å². The van der Waals surface area contributed by atoms with Crippen LogP contribution in [0.3, 0.4) is 0 Å². The van der Waals surface area contributed by atoms with Crippen LogP contribution in [0.2, 0.25) is 0 Å². The first-order valence-corrected chi connectivity index (χ1v) is 9.84. The van der Waals surface area contributed by atoms with Gasteiger partial charge in [-0.2, -0.15) is 23.5 Å². The Bertz CT molecular complexity index is 199. The molecular weight excluding hydrogens is 258 g/mol. The summed E-state index contributed by atoms with van der Waals surface area (Å²) >= 11 is 4.21. The topological polar surface area (TPSA) is 26.0 Å². The van der Waals surface area contributed by atoms with Crippen LogP contribution in [-0.4, -0.2) is 28.0 Å². The molecule has 3 atom stereocenters. The van der Waals surface area contributed by atoms with Gasteiger partial charge in [0.1, 0.15) is 0 Å². The summed E-state index contributed by atoms with van der Waals surface area (Å²) in [5.74, 6) is 2.61. The Morgan fingerprint density at radius 3 is 2.28 bits per heavy atom. The molecule has 1 rings (SSSR count). The summed E-state index contributed by atoms with van der Waals surface area (Å²) in [6, 6.07) is 0.424. The molecule has 18 heavy (non-hydrogen) atoms. The second kappa shape index (κ2) is 10.4. The molecular formula is C15H31NS2. The van der Waals surface area contributed by atoms with E-state index in [9.17, 15) is 0 Å². The van der Waals surface area contributed by atoms with Crippen LogP contribution in [0, 0.1) is 0 Å². The Labute approximate surface area is 122 Å². The van der Waals surface area contributed by atoms with Crippen molar-refractivity contribution in [2.45, 2.75) is 81.8 Å². The Balaban J connectivity index is 2.00. The SMILES string of the molecule is CCCCCCCCCC(N)C1SCCSC1C. The first kappa shape index (κ1) is 16.7. The summed E-state index contributed by atoms with van der Waals surface area (Å²) in [6.45, 7) is 4.63. The predicted octanol–water partition coefficient (Wildman–Crippen LogP) is 4.69. The van der Waals surface area contributed by atoms with E-state index in [0.29, 0.717) is 11.3 Å². The van der Waals surface area contributed by atoms with Crippen molar-refractivity contribution in [1.82, 2.24) is 0 Å². The third-order valence-corrected chi connectivity index (χ3v) is 7.07. The lowest BCUT2D eigenvalue weighted by molar-refractivity contribution is 0.516. The lowest BCUT2D eigenvalue weighted by atomic mass is 10.0. The van der Waals surface area contributed by atoms with Crippen molar-refractivity contribution in [3.05, 3.63) is 0 Å². The molecule has 0 saturated carbocycles. The summed E-state index contributed by atoms with van der Waals surface area (Å²) in [4.78, 5) is 0. The van der Waals surface area contributed by atoms with Crippen LogP contribution in [0.1, 0.15) is 65.2 Å². The molecule has 0 amide bonds. The van der Waals surface area contributed by atoms with E-state index >= 15 is 0 Å². The fourth-order valence-electron chi connectivity index (χ4n) is 2.62. The number of hydrogen-bond donors (Lipinski definition) is 1. The maximum Gasteiger partial charge on any atom is 0.0315 e. The monoisotopic (exact) mass is 289 g/mol. The van der Waals surface area contributed by atoms with Gasteiger partial charge in [0.2, 0.25) is 0 Å². The highest BCUT2D eigenvalue weighted by Crippen LogP contribution is 2.33. The molecule has 3 heteroatoms. The van der Waals surface area contributed by atoms with Gasteiger partial charge in [-0.05, 0) is 6.42 Å². The molecule has 0 aliphatic carbocycles. The molecule has 0 spiro atoms. The second-order valence-corrected chi connectivity index (χ2v) is 8.26. The van der Waals surface area contributed by atoms with Gasteiger partial charge < -0.3 is 5.73 Å². The molecule has 0 bridgehead atoms. The van der Waals surface area contributed by atoms with Crippen LogP contribution >= 0.6 is 23.5 Å². The highest BCUT2D eigenvalue weighted by molar-refractivity contribution is 8.07. The van der Waals surface area contributed by atoms with Gasteiger partial charge in [0.15, 0.2) is 0 Å². The average Bonchev–Trinajstić information content (AvgIpc) is 2.38. The zero-order valence-electron chi connectivity index (χ0n) is 12.2. The number of hydrogen-bond acceptors (Lipinski definition) is 3. The van der Waals surface area contributed by atoms with Gasteiger partial charge in [-0.3, -0.25) is 0 Å². The van der Waals surface area contributed by atoms with Gasteiger partial charge in [-0.1, -0.05) is 58.8 Å². The van der Waals surface area contributed by atoms with Crippen molar-refractivity contribution in [2.75, 3.05) is 11.5 Å². The molecule has 0 radical (unpaired) electrons. The van der Waals surface area contributed by atoms with E-state index in [-0.39, 0.29) is 0 Å². The summed E-state index contributed by atoms with van der Waals surface area (Å²) in [7, 11) is 0. The van der Waals surface area contributed by atoms with E-state index in [4.69, 9.17) is 5.73 Å². The van der Waals surface area contributed by atoms with Crippen molar-refractivity contribution in [1.29, 1.82) is 0 Å². The molecule has 1 saturated heterocycles. The van der Waals surface area contributed by atoms with Gasteiger partial charge in [0, 0.05) is 28.0 Å². The quantitative estimate of drug-likeness (QED) is 0.624. The zero-order valence-corrected chi connectivity index (χ0v) is 13.8. The lowest BCUT2D eigenvalue weighted by Gasteiger charge is -2.32. The van der Waals surface area contributed by atoms with Crippen molar-refractivity contribution in [3.8, 4) is 0 Å². The molecule has 1 aliphatic heterocycles. The summed E-state index contributed by atoms with van der Waals surface area (Å²) in [5.41, 5.74) is 6.37. The van der Waals surface area contributed by atoms with Crippen molar-refractivity contribution in [3.63, 3.8) is 0 Å². The van der Waals surface area contributed by atoms with Crippen molar-refractivity contribution in [2.24, 2.45) is 5.73 Å². The van der Waals surface area contributed by atoms with Gasteiger partial charge >= 0.3 is 0 Å². The average molecular weight is 290 g/mol. The third-order valence-electron chi connectivity index (χ3n) is 3.80. The largest absolute Gasteiger partial charge is 0.327 e. The number of unbranched alkanes of at least 4 members (excludes halogenated alkanes) is 6. The van der Waals surface area contributed by atoms with Crippen LogP contribution in [0.5, 0.6) is 0 Å². The standard InChI is InChI=1S/C15H31NS2/c1-3-4-5-6-7-8-9-10-14(16)15-13(2)17-11-12-18-15/h13-15H,3-12,16H2,1-2H3. The van der Waals surface area contributed by atoms with E-state index < -0.39 is 0 Å². The first-order chi connectivity index (χ1) is 8.75. The summed E-state index contributed by atoms with van der Waals surface area (Å²) in [6.07, 6.45) is 11.0. The fraction of sp³-hybridized carbons (Fsp3) is 1.00. The van der Waals surface area contributed by atoms with Crippen LogP contribution < -0.4 is 5.73 Å². The van der Waals surface area contributed by atoms with Crippen LogP contribution in [0.25, 0.3) is 0 Å². The Morgan fingerprint density at radius 2 is 1.61 bits per heavy atom. The molecule has 1 heterocycles. The van der Waals surface area contributed by atoms with Gasteiger partial charge in [0.25, 0.3) is 0 Å². The number of rotatable bonds is 9. The molecule has 2 N–H and O–H groups in total. The first-order valence-electron chi connectivity index (χ1n) is 7.74. The molecule has 0 aromatic carbocycles. The molecule has 1 aliphatic rings. The summed E-state index contributed by atoms with van der Waals surface area (Å²) < 4.78 is 0. The van der Waals surface area contributed by atoms with E-state index in [2.05, 4.69) is 37.4 Å². The second-order valence-electron chi connectivity index (χ2n) is 5.49. The van der Waals surface area contributed by atoms with Crippen molar-refractivity contribution >= 4 is 23.5 Å². The molecule has 1 fully saturated rings. The highest BCUT2D eigenvalue weighted by Gasteiger charge is 2.27. The van der Waals surface area contributed by atoms with E-state index in [0.717, 1.165) is 5.25 Å². The smallest absolute Gasteiger partial charge is 0.0315 e. The minimum Gasteiger partial charge on any atom is -0.327 e. The van der Waals surface area contributed by atoms with E-state index in [1.165, 1.54) is 62.9 Å². The molecule has 3 unspecified atom stereocenters. The molecule has 108 valence electrons. The number of nitrogens with two attached hydrogens (primary N) is 1. The minimum atomic E-state index is 0.424. The zero-order chi connectivity index (χ0) is 13.2. The fourth-order valence-corrected chi connectivity index (χ4v) is 5.55. The van der Waals surface area contributed by atoms with Crippen LogP contribution in [0.15, 0.2) is 0 Å². The third kappa shape index (κ3) is 6.72. The maximum absolute atomic E-state index is 6.37.